The van der Waals surface area contributed by atoms with Gasteiger partial charge in [-0.05, 0) is 57.8 Å². The van der Waals surface area contributed by atoms with E-state index in [1.807, 2.05) is 0 Å². The van der Waals surface area contributed by atoms with E-state index in [2.05, 4.69) is 62.5 Å². The molecule has 54 heavy (non-hydrogen) atoms. The second-order valence-corrected chi connectivity index (χ2v) is 15.6. The zero-order chi connectivity index (χ0) is 40.0. The zero-order valence-corrected chi connectivity index (χ0v) is 35.4. The molecule has 2 atom stereocenters. The van der Waals surface area contributed by atoms with Crippen LogP contribution in [0.25, 0.3) is 0 Å². The van der Waals surface area contributed by atoms with Crippen LogP contribution in [0, 0.1) is 0 Å². The van der Waals surface area contributed by atoms with E-state index in [0.717, 1.165) is 57.8 Å². The molecule has 0 radical (unpaired) electrons. The molecule has 0 aliphatic carbocycles. The third kappa shape index (κ3) is 35.0. The van der Waals surface area contributed by atoms with Crippen molar-refractivity contribution in [2.45, 2.75) is 187 Å². The van der Waals surface area contributed by atoms with Crippen molar-refractivity contribution in [2.75, 3.05) is 41.0 Å². The molecule has 0 fully saturated rings. The van der Waals surface area contributed by atoms with Crippen molar-refractivity contribution in [1.82, 2.24) is 0 Å². The lowest BCUT2D eigenvalue weighted by Gasteiger charge is -2.34. The first kappa shape index (κ1) is 51.3. The van der Waals surface area contributed by atoms with Crippen LogP contribution in [0.2, 0.25) is 0 Å². The van der Waals surface area contributed by atoms with E-state index in [9.17, 15) is 19.5 Å². The van der Waals surface area contributed by atoms with Crippen LogP contribution < -0.4 is 5.11 Å². The number of hydrogen-bond donors (Lipinski definition) is 0. The Morgan fingerprint density at radius 2 is 1.06 bits per heavy atom. The van der Waals surface area contributed by atoms with Gasteiger partial charge in [0.1, 0.15) is 12.6 Å². The Kier molecular flexibility index (Phi) is 35.4. The number of allylic oxidation sites excluding steroid dienone is 8. The van der Waals surface area contributed by atoms with Crippen LogP contribution in [0.3, 0.4) is 0 Å². The third-order valence-corrected chi connectivity index (χ3v) is 9.51. The minimum Gasteiger partial charge on any atom is -0.544 e. The Balaban J connectivity index is 4.38. The number of hydrogen-bond acceptors (Lipinski definition) is 7. The monoisotopic (exact) mass is 760 g/mol. The number of likely N-dealkylation sites (N-methyl/N-ethyl adjacent to an activating group) is 1. The molecule has 312 valence electrons. The average molecular weight is 760 g/mol. The normalized spacial score (nSPS) is 13.4. The van der Waals surface area contributed by atoms with Crippen LogP contribution in [0.15, 0.2) is 48.6 Å². The van der Waals surface area contributed by atoms with Crippen LogP contribution in [-0.4, -0.2) is 75.5 Å². The van der Waals surface area contributed by atoms with Gasteiger partial charge in [0.15, 0.2) is 6.10 Å². The molecule has 0 amide bonds. The Labute approximate surface area is 331 Å². The van der Waals surface area contributed by atoms with Crippen molar-refractivity contribution >= 4 is 17.9 Å². The highest BCUT2D eigenvalue weighted by Crippen LogP contribution is 2.14. The summed E-state index contributed by atoms with van der Waals surface area (Å²) in [5, 5.41) is 11.6. The molecule has 0 bridgehead atoms. The van der Waals surface area contributed by atoms with Crippen molar-refractivity contribution in [3.05, 3.63) is 48.6 Å². The highest BCUT2D eigenvalue weighted by atomic mass is 16.6. The minimum absolute atomic E-state index is 0.0338. The molecule has 0 aromatic rings. The number of unbranched alkanes of at least 4 members (excludes halogenated alkanes) is 18. The maximum atomic E-state index is 12.7. The van der Waals surface area contributed by atoms with Gasteiger partial charge < -0.3 is 28.6 Å². The summed E-state index contributed by atoms with van der Waals surface area (Å²) in [7, 11) is 5.40. The van der Waals surface area contributed by atoms with Crippen LogP contribution in [-0.2, 0) is 28.6 Å². The lowest BCUT2D eigenvalue weighted by atomic mass is 10.1. The van der Waals surface area contributed by atoms with Gasteiger partial charge in [-0.25, -0.2) is 0 Å². The van der Waals surface area contributed by atoms with E-state index in [1.165, 1.54) is 83.5 Å². The molecule has 0 saturated carbocycles. The summed E-state index contributed by atoms with van der Waals surface area (Å²) in [6.45, 7) is 4.50. The first-order chi connectivity index (χ1) is 26.1. The van der Waals surface area contributed by atoms with Crippen molar-refractivity contribution in [1.29, 1.82) is 0 Å². The predicted octanol–water partition coefficient (Wildman–Crippen LogP) is 10.3. The van der Waals surface area contributed by atoms with Gasteiger partial charge in [-0.1, -0.05) is 146 Å². The number of carbonyl (C=O) groups excluding carboxylic acids is 3. The predicted molar refractivity (Wildman–Crippen MR) is 222 cm³/mol. The molecule has 0 rings (SSSR count). The Hall–Kier alpha value is -2.71. The summed E-state index contributed by atoms with van der Waals surface area (Å²) in [4.78, 5) is 36.8. The highest BCUT2D eigenvalue weighted by Gasteiger charge is 2.25. The molecule has 0 saturated heterocycles. The fourth-order valence-electron chi connectivity index (χ4n) is 6.12. The van der Waals surface area contributed by atoms with Gasteiger partial charge in [-0.2, -0.15) is 0 Å². The standard InChI is InChI=1S/C46H81NO7/c1-6-8-10-12-14-16-18-20-22-24-26-28-30-32-34-36-44(48)53-41-42(40-52-39-38-43(46(50)51)47(3,4)5)54-45(49)37-35-33-31-29-27-25-23-21-19-17-15-13-11-9-7-2/h9,11,13,15-19,42-43H,6-8,10,12,14,20-41H2,1-5H3/b11-9+,15-13+,18-16+,19-17+. The number of ether oxygens (including phenoxy) is 3. The van der Waals surface area contributed by atoms with E-state index in [1.54, 1.807) is 21.1 Å². The number of quaternary nitrogens is 1. The Morgan fingerprint density at radius 3 is 1.57 bits per heavy atom. The van der Waals surface area contributed by atoms with Gasteiger partial charge in [-0.15, -0.1) is 0 Å². The van der Waals surface area contributed by atoms with Crippen LogP contribution in [0.1, 0.15) is 174 Å². The zero-order valence-electron chi connectivity index (χ0n) is 35.4. The molecular weight excluding hydrogens is 679 g/mol. The number of nitrogens with zero attached hydrogens (tertiary/aromatic N) is 1. The fourth-order valence-corrected chi connectivity index (χ4v) is 6.12. The first-order valence-corrected chi connectivity index (χ1v) is 21.7. The van der Waals surface area contributed by atoms with E-state index in [4.69, 9.17) is 14.2 Å². The Bertz CT molecular complexity index is 1030. The fraction of sp³-hybridized carbons (Fsp3) is 0.761. The maximum absolute atomic E-state index is 12.7. The van der Waals surface area contributed by atoms with E-state index >= 15 is 0 Å². The molecule has 0 aromatic heterocycles. The van der Waals surface area contributed by atoms with E-state index < -0.39 is 18.1 Å². The van der Waals surface area contributed by atoms with E-state index in [0.29, 0.717) is 12.8 Å². The van der Waals surface area contributed by atoms with Gasteiger partial charge >= 0.3 is 11.9 Å². The molecule has 0 heterocycles. The molecule has 0 N–H and O–H groups in total. The summed E-state index contributed by atoms with van der Waals surface area (Å²) in [5.74, 6) is -1.76. The summed E-state index contributed by atoms with van der Waals surface area (Å²) < 4.78 is 17.1. The van der Waals surface area contributed by atoms with Gasteiger partial charge in [0.05, 0.1) is 40.3 Å². The van der Waals surface area contributed by atoms with E-state index in [-0.39, 0.29) is 42.7 Å². The largest absolute Gasteiger partial charge is 0.544 e. The number of aliphatic carboxylic acids is 1. The highest BCUT2D eigenvalue weighted by molar-refractivity contribution is 5.70. The van der Waals surface area contributed by atoms with Gasteiger partial charge in [-0.3, -0.25) is 9.59 Å². The van der Waals surface area contributed by atoms with Gasteiger partial charge in [0.2, 0.25) is 0 Å². The molecule has 0 spiro atoms. The third-order valence-electron chi connectivity index (χ3n) is 9.51. The summed E-state index contributed by atoms with van der Waals surface area (Å²) in [6, 6.07) is -0.729. The van der Waals surface area contributed by atoms with Crippen molar-refractivity contribution in [3.63, 3.8) is 0 Å². The number of carbonyl (C=O) groups is 3. The lowest BCUT2D eigenvalue weighted by molar-refractivity contribution is -0.889. The number of esters is 2. The number of rotatable bonds is 38. The molecule has 2 unspecified atom stereocenters. The quantitative estimate of drug-likeness (QED) is 0.0203. The molecule has 8 nitrogen and oxygen atoms in total. The summed E-state index contributed by atoms with van der Waals surface area (Å²) >= 11 is 0. The second-order valence-electron chi connectivity index (χ2n) is 15.6. The van der Waals surface area contributed by atoms with Crippen molar-refractivity contribution in [2.24, 2.45) is 0 Å². The number of carboxylic acids is 1. The van der Waals surface area contributed by atoms with Crippen molar-refractivity contribution < 1.29 is 38.2 Å². The van der Waals surface area contributed by atoms with Crippen LogP contribution in [0.5, 0.6) is 0 Å². The van der Waals surface area contributed by atoms with Gasteiger partial charge in [0, 0.05) is 19.3 Å². The molecule has 0 aliphatic heterocycles. The lowest BCUT2D eigenvalue weighted by Crippen LogP contribution is -2.55. The first-order valence-electron chi connectivity index (χ1n) is 21.7. The Morgan fingerprint density at radius 1 is 0.574 bits per heavy atom. The topological polar surface area (TPSA) is 102 Å². The summed E-state index contributed by atoms with van der Waals surface area (Å²) in [5.41, 5.74) is 0. The molecular formula is C46H81NO7. The molecule has 0 aromatic carbocycles. The van der Waals surface area contributed by atoms with Gasteiger partial charge in [0.25, 0.3) is 0 Å². The van der Waals surface area contributed by atoms with Crippen molar-refractivity contribution in [3.8, 4) is 0 Å². The maximum Gasteiger partial charge on any atom is 0.306 e. The average Bonchev–Trinajstić information content (AvgIpc) is 3.12. The summed E-state index contributed by atoms with van der Waals surface area (Å²) in [6.07, 6.45) is 42.7. The SMILES string of the molecule is CC/C=C/C=C/C=C/CCCCCCCCCC(=O)OC(COCCC(C(=O)[O-])[N+](C)(C)C)COC(=O)CCCCCCCCC/C=C/CCCCCC. The second kappa shape index (κ2) is 37.2. The van der Waals surface area contributed by atoms with Crippen LogP contribution in [0.4, 0.5) is 0 Å². The molecule has 0 aliphatic rings. The number of carboxylic acid groups (broad SMARTS) is 1. The minimum atomic E-state index is -1.13. The smallest absolute Gasteiger partial charge is 0.306 e. The molecule has 8 heteroatoms. The van der Waals surface area contributed by atoms with Crippen LogP contribution >= 0.6 is 0 Å².